The van der Waals surface area contributed by atoms with Crippen LogP contribution in [-0.4, -0.2) is 37.3 Å². The van der Waals surface area contributed by atoms with Crippen LogP contribution in [0.2, 0.25) is 0 Å². The first-order valence-electron chi connectivity index (χ1n) is 6.84. The molecule has 0 radical (unpaired) electrons. The van der Waals surface area contributed by atoms with E-state index in [1.54, 1.807) is 24.3 Å². The van der Waals surface area contributed by atoms with Gasteiger partial charge in [0.25, 0.3) is 0 Å². The van der Waals surface area contributed by atoms with Gasteiger partial charge in [0.15, 0.2) is 0 Å². The van der Waals surface area contributed by atoms with Crippen LogP contribution in [0.25, 0.3) is 0 Å². The molecule has 0 aliphatic rings. The number of hydrogen-bond donors (Lipinski definition) is 2. The van der Waals surface area contributed by atoms with E-state index in [2.05, 4.69) is 19.2 Å². The summed E-state index contributed by atoms with van der Waals surface area (Å²) in [4.78, 5) is 12.0. The molecule has 0 bridgehead atoms. The second-order valence-electron chi connectivity index (χ2n) is 5.01. The van der Waals surface area contributed by atoms with Crippen LogP contribution in [0.15, 0.2) is 24.3 Å². The number of nitrogens with two attached hydrogens (primary N) is 1. The van der Waals surface area contributed by atoms with E-state index < -0.39 is 0 Å². The summed E-state index contributed by atoms with van der Waals surface area (Å²) in [6.07, 6.45) is 0. The molecule has 1 aromatic rings. The second-order valence-corrected chi connectivity index (χ2v) is 5.45. The zero-order valence-electron chi connectivity index (χ0n) is 12.4. The molecule has 1 aromatic carbocycles. The first-order chi connectivity index (χ1) is 9.99. The normalized spacial score (nSPS) is 10.6. The minimum Gasteiger partial charge on any atom is -0.389 e. The van der Waals surface area contributed by atoms with Crippen LogP contribution in [0, 0.1) is 5.92 Å². The lowest BCUT2D eigenvalue weighted by Crippen LogP contribution is -2.20. The van der Waals surface area contributed by atoms with E-state index in [-0.39, 0.29) is 12.5 Å². The lowest BCUT2D eigenvalue weighted by Gasteiger charge is -2.09. The highest BCUT2D eigenvalue weighted by molar-refractivity contribution is 7.80. The Bertz CT molecular complexity index is 478. The van der Waals surface area contributed by atoms with Crippen LogP contribution in [-0.2, 0) is 14.3 Å². The maximum absolute atomic E-state index is 11.7. The van der Waals surface area contributed by atoms with Crippen LogP contribution in [0.5, 0.6) is 0 Å². The number of benzene rings is 1. The Kier molecular flexibility index (Phi) is 7.89. The molecule has 116 valence electrons. The Morgan fingerprint density at radius 3 is 2.71 bits per heavy atom. The first-order valence-corrected chi connectivity index (χ1v) is 7.25. The maximum atomic E-state index is 11.7. The van der Waals surface area contributed by atoms with Crippen molar-refractivity contribution in [3.05, 3.63) is 29.8 Å². The van der Waals surface area contributed by atoms with Crippen LogP contribution in [0.4, 0.5) is 5.69 Å². The van der Waals surface area contributed by atoms with Gasteiger partial charge in [-0.05, 0) is 18.1 Å². The van der Waals surface area contributed by atoms with Crippen molar-refractivity contribution >= 4 is 28.8 Å². The van der Waals surface area contributed by atoms with Crippen molar-refractivity contribution in [3.63, 3.8) is 0 Å². The molecule has 6 heteroatoms. The van der Waals surface area contributed by atoms with Gasteiger partial charge in [-0.2, -0.15) is 0 Å². The standard InChI is InChI=1S/C15H22N2O3S/c1-11(2)9-19-6-7-20-10-14(18)17-13-5-3-4-12(8-13)15(16)21/h3-5,8,11H,6-7,9-10H2,1-2H3,(H2,16,21)(H,17,18). The molecule has 0 aliphatic heterocycles. The molecule has 0 saturated heterocycles. The van der Waals surface area contributed by atoms with Gasteiger partial charge < -0.3 is 20.5 Å². The Labute approximate surface area is 130 Å². The summed E-state index contributed by atoms with van der Waals surface area (Å²) in [7, 11) is 0. The van der Waals surface area contributed by atoms with Gasteiger partial charge in [-0.15, -0.1) is 0 Å². The molecule has 0 aliphatic carbocycles. The number of amides is 1. The molecule has 0 unspecified atom stereocenters. The summed E-state index contributed by atoms with van der Waals surface area (Å²) in [6.45, 7) is 5.73. The summed E-state index contributed by atoms with van der Waals surface area (Å²) in [5, 5.41) is 2.73. The van der Waals surface area contributed by atoms with E-state index in [1.807, 2.05) is 0 Å². The molecular weight excluding hydrogens is 288 g/mol. The van der Waals surface area contributed by atoms with Crippen LogP contribution in [0.1, 0.15) is 19.4 Å². The molecule has 3 N–H and O–H groups in total. The minimum absolute atomic E-state index is 0.0116. The largest absolute Gasteiger partial charge is 0.389 e. The number of rotatable bonds is 9. The van der Waals surface area contributed by atoms with Crippen molar-refractivity contribution in [2.45, 2.75) is 13.8 Å². The van der Waals surface area contributed by atoms with E-state index in [9.17, 15) is 4.79 Å². The molecule has 5 nitrogen and oxygen atoms in total. The van der Waals surface area contributed by atoms with Gasteiger partial charge in [-0.25, -0.2) is 0 Å². The smallest absolute Gasteiger partial charge is 0.250 e. The highest BCUT2D eigenvalue weighted by Gasteiger charge is 2.04. The van der Waals surface area contributed by atoms with Crippen LogP contribution >= 0.6 is 12.2 Å². The van der Waals surface area contributed by atoms with Gasteiger partial charge in [0.2, 0.25) is 5.91 Å². The van der Waals surface area contributed by atoms with Gasteiger partial charge >= 0.3 is 0 Å². The molecule has 0 fully saturated rings. The van der Waals surface area contributed by atoms with Gasteiger partial charge in [0.1, 0.15) is 11.6 Å². The molecule has 0 heterocycles. The van der Waals surface area contributed by atoms with Crippen molar-refractivity contribution in [3.8, 4) is 0 Å². The topological polar surface area (TPSA) is 73.6 Å². The second kappa shape index (κ2) is 9.44. The average Bonchev–Trinajstić information content (AvgIpc) is 2.42. The summed E-state index contributed by atoms with van der Waals surface area (Å²) in [6, 6.07) is 7.07. The first kappa shape index (κ1) is 17.6. The Balaban J connectivity index is 2.24. The summed E-state index contributed by atoms with van der Waals surface area (Å²) in [5.74, 6) is 0.271. The predicted octanol–water partition coefficient (Wildman–Crippen LogP) is 1.95. The monoisotopic (exact) mass is 310 g/mol. The van der Waals surface area contributed by atoms with E-state index in [0.717, 1.165) is 0 Å². The number of thiocarbonyl (C=S) groups is 1. The van der Waals surface area contributed by atoms with E-state index in [1.165, 1.54) is 0 Å². The lowest BCUT2D eigenvalue weighted by molar-refractivity contribution is -0.121. The fraction of sp³-hybridized carbons (Fsp3) is 0.467. The number of carbonyl (C=O) groups excluding carboxylic acids is 1. The molecule has 1 amide bonds. The Morgan fingerprint density at radius 2 is 2.05 bits per heavy atom. The fourth-order valence-electron chi connectivity index (χ4n) is 1.55. The van der Waals surface area contributed by atoms with Crippen molar-refractivity contribution in [1.82, 2.24) is 0 Å². The molecular formula is C15H22N2O3S. The number of carbonyl (C=O) groups is 1. The predicted molar refractivity (Wildman–Crippen MR) is 87.4 cm³/mol. The highest BCUT2D eigenvalue weighted by atomic mass is 32.1. The SMILES string of the molecule is CC(C)COCCOCC(=O)Nc1cccc(C(N)=S)c1. The van der Waals surface area contributed by atoms with Crippen molar-refractivity contribution in [1.29, 1.82) is 0 Å². The molecule has 21 heavy (non-hydrogen) atoms. The molecule has 0 spiro atoms. The molecule has 0 aromatic heterocycles. The quantitative estimate of drug-likeness (QED) is 0.539. The maximum Gasteiger partial charge on any atom is 0.250 e. The molecule has 0 atom stereocenters. The van der Waals surface area contributed by atoms with Gasteiger partial charge in [0.05, 0.1) is 13.2 Å². The van der Waals surface area contributed by atoms with Crippen LogP contribution < -0.4 is 11.1 Å². The number of ether oxygens (including phenoxy) is 2. The van der Waals surface area contributed by atoms with Crippen molar-refractivity contribution < 1.29 is 14.3 Å². The highest BCUT2D eigenvalue weighted by Crippen LogP contribution is 2.10. The lowest BCUT2D eigenvalue weighted by atomic mass is 10.2. The summed E-state index contributed by atoms with van der Waals surface area (Å²) in [5.41, 5.74) is 6.90. The third-order valence-electron chi connectivity index (χ3n) is 2.49. The number of hydrogen-bond acceptors (Lipinski definition) is 4. The van der Waals surface area contributed by atoms with Gasteiger partial charge in [-0.3, -0.25) is 4.79 Å². The van der Waals surface area contributed by atoms with E-state index in [0.29, 0.717) is 42.0 Å². The molecule has 0 saturated carbocycles. The van der Waals surface area contributed by atoms with Crippen LogP contribution in [0.3, 0.4) is 0 Å². The molecule has 1 rings (SSSR count). The van der Waals surface area contributed by atoms with E-state index >= 15 is 0 Å². The number of nitrogens with one attached hydrogen (secondary N) is 1. The third kappa shape index (κ3) is 7.75. The van der Waals surface area contributed by atoms with Gasteiger partial charge in [0, 0.05) is 17.9 Å². The Hall–Kier alpha value is -1.50. The zero-order valence-corrected chi connectivity index (χ0v) is 13.2. The van der Waals surface area contributed by atoms with E-state index in [4.69, 9.17) is 27.4 Å². The van der Waals surface area contributed by atoms with Crippen molar-refractivity contribution in [2.75, 3.05) is 31.7 Å². The summed E-state index contributed by atoms with van der Waals surface area (Å²) < 4.78 is 10.6. The zero-order chi connectivity index (χ0) is 15.7. The summed E-state index contributed by atoms with van der Waals surface area (Å²) >= 11 is 4.89. The fourth-order valence-corrected chi connectivity index (χ4v) is 1.68. The minimum atomic E-state index is -0.223. The average molecular weight is 310 g/mol. The van der Waals surface area contributed by atoms with Crippen molar-refractivity contribution in [2.24, 2.45) is 11.7 Å². The Morgan fingerprint density at radius 1 is 1.33 bits per heavy atom. The number of anilines is 1. The van der Waals surface area contributed by atoms with Gasteiger partial charge in [-0.1, -0.05) is 38.2 Å². The third-order valence-corrected chi connectivity index (χ3v) is 2.72.